The summed E-state index contributed by atoms with van der Waals surface area (Å²) in [6.45, 7) is 8.30. The molecule has 31 heavy (non-hydrogen) atoms. The zero-order valence-electron chi connectivity index (χ0n) is 18.6. The van der Waals surface area contributed by atoms with Crippen LogP contribution in [0.2, 0.25) is 0 Å². The Balaban J connectivity index is 1.86. The lowest BCUT2D eigenvalue weighted by molar-refractivity contribution is -0.121. The number of rotatable bonds is 11. The summed E-state index contributed by atoms with van der Waals surface area (Å²) in [4.78, 5) is 12.4. The van der Waals surface area contributed by atoms with Gasteiger partial charge in [-0.05, 0) is 57.9 Å². The molecule has 0 atom stereocenters. The van der Waals surface area contributed by atoms with Crippen LogP contribution < -0.4 is 19.5 Å². The molecule has 0 saturated heterocycles. The normalized spacial score (nSPS) is 11.7. The predicted molar refractivity (Wildman–Crippen MR) is 121 cm³/mol. The van der Waals surface area contributed by atoms with Gasteiger partial charge in [0.15, 0.2) is 11.5 Å². The molecule has 0 fully saturated rings. The number of hydrogen-bond acceptors (Lipinski definition) is 5. The van der Waals surface area contributed by atoms with E-state index < -0.39 is 15.6 Å². The quantitative estimate of drug-likeness (QED) is 0.512. The first kappa shape index (κ1) is 24.7. The molecular formula is C23H32N2O5S. The number of ether oxygens (including phenoxy) is 2. The molecule has 2 N–H and O–H groups in total. The first-order valence-corrected chi connectivity index (χ1v) is 11.8. The van der Waals surface area contributed by atoms with Crippen LogP contribution >= 0.6 is 0 Å². The van der Waals surface area contributed by atoms with E-state index in [1.807, 2.05) is 31.2 Å². The van der Waals surface area contributed by atoms with Crippen molar-refractivity contribution >= 4 is 15.9 Å². The molecule has 0 aliphatic heterocycles. The topological polar surface area (TPSA) is 93.7 Å². The number of carbonyl (C=O) groups excluding carboxylic acids is 1. The minimum atomic E-state index is -3.69. The summed E-state index contributed by atoms with van der Waals surface area (Å²) in [5.41, 5.74) is -0.0646. The molecule has 8 heteroatoms. The molecule has 0 aliphatic carbocycles. The van der Waals surface area contributed by atoms with Crippen molar-refractivity contribution in [2.24, 2.45) is 0 Å². The van der Waals surface area contributed by atoms with E-state index in [2.05, 4.69) is 10.0 Å². The Hall–Kier alpha value is -2.58. The number of sulfonamides is 1. The lowest BCUT2D eigenvalue weighted by Gasteiger charge is -2.21. The van der Waals surface area contributed by atoms with E-state index in [4.69, 9.17) is 9.47 Å². The maximum Gasteiger partial charge on any atom is 0.241 e. The van der Waals surface area contributed by atoms with Gasteiger partial charge in [0, 0.05) is 18.5 Å². The maximum absolute atomic E-state index is 12.7. The van der Waals surface area contributed by atoms with Crippen LogP contribution in [0, 0.1) is 0 Å². The van der Waals surface area contributed by atoms with Gasteiger partial charge in [0.05, 0.1) is 18.1 Å². The van der Waals surface area contributed by atoms with Gasteiger partial charge in [-0.25, -0.2) is 13.1 Å². The van der Waals surface area contributed by atoms with Crippen molar-refractivity contribution in [2.45, 2.75) is 57.5 Å². The summed E-state index contributed by atoms with van der Waals surface area (Å²) < 4.78 is 39.2. The fourth-order valence-corrected chi connectivity index (χ4v) is 4.57. The van der Waals surface area contributed by atoms with E-state index in [1.54, 1.807) is 45.0 Å². The average molecular weight is 449 g/mol. The van der Waals surface area contributed by atoms with E-state index >= 15 is 0 Å². The standard InChI is InChI=1S/C23H32N2O5S/c1-5-29-19-12-7-8-13-20(19)30-16-10-15-22(26)24-17-18-11-6-9-14-21(18)31(27,28)25-23(2,3)4/h6-9,11-14,25H,5,10,15-17H2,1-4H3,(H,24,26). The Kier molecular flexibility index (Phi) is 8.88. The van der Waals surface area contributed by atoms with Gasteiger partial charge in [0.25, 0.3) is 0 Å². The van der Waals surface area contributed by atoms with Crippen molar-refractivity contribution in [3.8, 4) is 11.5 Å². The summed E-state index contributed by atoms with van der Waals surface area (Å²) in [6, 6.07) is 14.1. The molecule has 1 amide bonds. The molecular weight excluding hydrogens is 416 g/mol. The number of para-hydroxylation sites is 2. The van der Waals surface area contributed by atoms with E-state index in [0.717, 1.165) is 0 Å². The van der Waals surface area contributed by atoms with Crippen molar-refractivity contribution in [3.05, 3.63) is 54.1 Å². The highest BCUT2D eigenvalue weighted by Crippen LogP contribution is 2.26. The van der Waals surface area contributed by atoms with Crippen molar-refractivity contribution in [2.75, 3.05) is 13.2 Å². The smallest absolute Gasteiger partial charge is 0.241 e. The largest absolute Gasteiger partial charge is 0.490 e. The molecule has 2 aromatic rings. The maximum atomic E-state index is 12.7. The molecule has 0 spiro atoms. The van der Waals surface area contributed by atoms with Crippen LogP contribution in [0.1, 0.15) is 46.1 Å². The van der Waals surface area contributed by atoms with Crippen molar-refractivity contribution in [3.63, 3.8) is 0 Å². The van der Waals surface area contributed by atoms with Crippen LogP contribution in [0.15, 0.2) is 53.4 Å². The average Bonchev–Trinajstić information content (AvgIpc) is 2.69. The second-order valence-corrected chi connectivity index (χ2v) is 9.72. The molecule has 0 heterocycles. The van der Waals surface area contributed by atoms with Gasteiger partial charge in [0.1, 0.15) is 0 Å². The molecule has 0 aliphatic rings. The first-order chi connectivity index (χ1) is 14.6. The molecule has 0 unspecified atom stereocenters. The second-order valence-electron chi connectivity index (χ2n) is 8.07. The predicted octanol–water partition coefficient (Wildman–Crippen LogP) is 3.64. The Morgan fingerprint density at radius 1 is 0.968 bits per heavy atom. The van der Waals surface area contributed by atoms with Gasteiger partial charge in [-0.3, -0.25) is 4.79 Å². The lowest BCUT2D eigenvalue weighted by atomic mass is 10.1. The van der Waals surface area contributed by atoms with Crippen LogP contribution in [0.4, 0.5) is 0 Å². The first-order valence-electron chi connectivity index (χ1n) is 10.4. The van der Waals surface area contributed by atoms with Crippen LogP contribution in [-0.4, -0.2) is 33.1 Å². The van der Waals surface area contributed by atoms with Crippen LogP contribution in [-0.2, 0) is 21.4 Å². The highest BCUT2D eigenvalue weighted by Gasteiger charge is 2.24. The van der Waals surface area contributed by atoms with Crippen molar-refractivity contribution in [1.82, 2.24) is 10.0 Å². The third-order valence-corrected chi connectivity index (χ3v) is 5.99. The number of nitrogens with one attached hydrogen (secondary N) is 2. The van der Waals surface area contributed by atoms with Gasteiger partial charge in [0.2, 0.25) is 15.9 Å². The zero-order valence-corrected chi connectivity index (χ0v) is 19.4. The molecule has 7 nitrogen and oxygen atoms in total. The molecule has 0 radical (unpaired) electrons. The number of amides is 1. The molecule has 0 aromatic heterocycles. The third-order valence-electron chi connectivity index (χ3n) is 4.13. The number of hydrogen-bond donors (Lipinski definition) is 2. The molecule has 170 valence electrons. The summed E-state index contributed by atoms with van der Waals surface area (Å²) in [5.74, 6) is 1.16. The van der Waals surface area contributed by atoms with E-state index in [1.165, 1.54) is 0 Å². The fourth-order valence-electron chi connectivity index (χ4n) is 2.91. The van der Waals surface area contributed by atoms with E-state index in [-0.39, 0.29) is 23.8 Å². The summed E-state index contributed by atoms with van der Waals surface area (Å²) in [5, 5.41) is 2.79. The van der Waals surface area contributed by atoms with Crippen molar-refractivity contribution < 1.29 is 22.7 Å². The highest BCUT2D eigenvalue weighted by molar-refractivity contribution is 7.89. The van der Waals surface area contributed by atoms with Crippen LogP contribution in [0.3, 0.4) is 0 Å². The minimum absolute atomic E-state index is 0.133. The fraction of sp³-hybridized carbons (Fsp3) is 0.435. The Morgan fingerprint density at radius 2 is 1.58 bits per heavy atom. The van der Waals surface area contributed by atoms with Gasteiger partial charge < -0.3 is 14.8 Å². The summed E-state index contributed by atoms with van der Waals surface area (Å²) in [7, 11) is -3.69. The number of carbonyl (C=O) groups is 1. The molecule has 2 aromatic carbocycles. The molecule has 0 bridgehead atoms. The van der Waals surface area contributed by atoms with Crippen LogP contribution in [0.25, 0.3) is 0 Å². The zero-order chi connectivity index (χ0) is 22.9. The molecule has 0 saturated carbocycles. The third kappa shape index (κ3) is 8.22. The van der Waals surface area contributed by atoms with Gasteiger partial charge in [-0.15, -0.1) is 0 Å². The van der Waals surface area contributed by atoms with E-state index in [9.17, 15) is 13.2 Å². The monoisotopic (exact) mass is 448 g/mol. The Morgan fingerprint density at radius 3 is 2.23 bits per heavy atom. The summed E-state index contributed by atoms with van der Waals surface area (Å²) in [6.07, 6.45) is 0.795. The van der Waals surface area contributed by atoms with Gasteiger partial charge in [-0.1, -0.05) is 30.3 Å². The Labute approximate surface area is 185 Å². The summed E-state index contributed by atoms with van der Waals surface area (Å²) >= 11 is 0. The SMILES string of the molecule is CCOc1ccccc1OCCCC(=O)NCc1ccccc1S(=O)(=O)NC(C)(C)C. The molecule has 2 rings (SSSR count). The van der Waals surface area contributed by atoms with E-state index in [0.29, 0.717) is 36.7 Å². The minimum Gasteiger partial charge on any atom is -0.490 e. The number of benzene rings is 2. The van der Waals surface area contributed by atoms with Gasteiger partial charge in [-0.2, -0.15) is 0 Å². The second kappa shape index (κ2) is 11.2. The Bertz CT molecular complexity index is 968. The van der Waals surface area contributed by atoms with Crippen LogP contribution in [0.5, 0.6) is 11.5 Å². The highest BCUT2D eigenvalue weighted by atomic mass is 32.2. The lowest BCUT2D eigenvalue weighted by Crippen LogP contribution is -2.41. The van der Waals surface area contributed by atoms with Gasteiger partial charge >= 0.3 is 0 Å². The van der Waals surface area contributed by atoms with Crippen molar-refractivity contribution in [1.29, 1.82) is 0 Å².